The number of fused-ring (bicyclic) bond motifs is 1. The summed E-state index contributed by atoms with van der Waals surface area (Å²) in [6.07, 6.45) is 0. The van der Waals surface area contributed by atoms with Crippen molar-refractivity contribution in [3.8, 4) is 5.75 Å². The van der Waals surface area contributed by atoms with Crippen LogP contribution in [0, 0.1) is 20.8 Å². The maximum absolute atomic E-state index is 12.1. The first kappa shape index (κ1) is 16.7. The van der Waals surface area contributed by atoms with E-state index < -0.39 is 24.4 Å². The van der Waals surface area contributed by atoms with Crippen LogP contribution in [0.25, 0.3) is 0 Å². The predicted molar refractivity (Wildman–Crippen MR) is 89.2 cm³/mol. The maximum Gasteiger partial charge on any atom is 0.370 e. The van der Waals surface area contributed by atoms with E-state index in [0.29, 0.717) is 10.8 Å². The third kappa shape index (κ3) is 3.10. The highest BCUT2D eigenvalue weighted by molar-refractivity contribution is 6.20. The van der Waals surface area contributed by atoms with Crippen LogP contribution in [0.3, 0.4) is 0 Å². The summed E-state index contributed by atoms with van der Waals surface area (Å²) >= 11 is 0. The largest absolute Gasteiger partial charge is 0.482 e. The van der Waals surface area contributed by atoms with E-state index in [1.807, 2.05) is 32.9 Å². The number of aryl methyl sites for hydroxylation is 3. The minimum Gasteiger partial charge on any atom is -0.482 e. The fourth-order valence-corrected chi connectivity index (χ4v) is 2.60. The van der Waals surface area contributed by atoms with Crippen LogP contribution < -0.4 is 4.74 Å². The molecule has 2 amide bonds. The van der Waals surface area contributed by atoms with Gasteiger partial charge in [-0.25, -0.2) is 4.79 Å². The minimum atomic E-state index is -0.827. The molecule has 0 bridgehead atoms. The van der Waals surface area contributed by atoms with Gasteiger partial charge in [0.05, 0.1) is 11.1 Å². The maximum atomic E-state index is 12.1. The van der Waals surface area contributed by atoms with Crippen LogP contribution in [0.5, 0.6) is 5.75 Å². The third-order valence-electron chi connectivity index (χ3n) is 4.09. The lowest BCUT2D eigenvalue weighted by Gasteiger charge is -2.14. The molecule has 0 spiro atoms. The van der Waals surface area contributed by atoms with Crippen molar-refractivity contribution in [2.45, 2.75) is 20.8 Å². The molecule has 1 aliphatic rings. The lowest BCUT2D eigenvalue weighted by molar-refractivity contribution is -0.170. The molecule has 2 aromatic carbocycles. The zero-order valence-corrected chi connectivity index (χ0v) is 14.2. The second-order valence-electron chi connectivity index (χ2n) is 5.90. The quantitative estimate of drug-likeness (QED) is 0.801. The summed E-state index contributed by atoms with van der Waals surface area (Å²) in [5, 5.41) is 0.476. The zero-order valence-electron chi connectivity index (χ0n) is 14.2. The Morgan fingerprint density at radius 1 is 0.920 bits per heavy atom. The normalized spacial score (nSPS) is 13.0. The predicted octanol–water partition coefficient (Wildman–Crippen LogP) is 2.75. The molecule has 2 aromatic rings. The van der Waals surface area contributed by atoms with Crippen LogP contribution in [-0.2, 0) is 9.63 Å². The lowest BCUT2D eigenvalue weighted by Crippen LogP contribution is -2.34. The highest BCUT2D eigenvalue weighted by Gasteiger charge is 2.38. The number of carbonyl (C=O) groups excluding carboxylic acids is 3. The molecule has 6 nitrogen and oxygen atoms in total. The Morgan fingerprint density at radius 3 is 2.08 bits per heavy atom. The van der Waals surface area contributed by atoms with E-state index in [-0.39, 0.29) is 11.1 Å². The van der Waals surface area contributed by atoms with Crippen molar-refractivity contribution in [3.05, 3.63) is 64.2 Å². The molecule has 0 saturated carbocycles. The highest BCUT2D eigenvalue weighted by atomic mass is 16.7. The van der Waals surface area contributed by atoms with Crippen molar-refractivity contribution in [2.75, 3.05) is 6.61 Å². The fourth-order valence-electron chi connectivity index (χ4n) is 2.60. The van der Waals surface area contributed by atoms with E-state index in [4.69, 9.17) is 9.57 Å². The van der Waals surface area contributed by atoms with Gasteiger partial charge in [-0.3, -0.25) is 9.59 Å². The van der Waals surface area contributed by atoms with E-state index in [1.54, 1.807) is 12.1 Å². The van der Waals surface area contributed by atoms with Gasteiger partial charge in [0.1, 0.15) is 5.75 Å². The van der Waals surface area contributed by atoms with E-state index >= 15 is 0 Å². The number of hydroxylamine groups is 2. The first-order valence-corrected chi connectivity index (χ1v) is 7.77. The summed E-state index contributed by atoms with van der Waals surface area (Å²) in [6.45, 7) is 5.40. The monoisotopic (exact) mass is 339 g/mol. The standard InChI is InChI=1S/C19H17NO5/c1-11-8-13(3)16(9-12(11)2)24-10-17(21)25-20-18(22)14-6-4-5-7-15(14)19(20)23/h4-9H,10H2,1-3H3. The number of carbonyl (C=O) groups is 3. The molecule has 3 rings (SSSR count). The van der Waals surface area contributed by atoms with Crippen molar-refractivity contribution >= 4 is 17.8 Å². The smallest absolute Gasteiger partial charge is 0.370 e. The number of ether oxygens (including phenoxy) is 1. The third-order valence-corrected chi connectivity index (χ3v) is 4.09. The topological polar surface area (TPSA) is 72.9 Å². The summed E-state index contributed by atoms with van der Waals surface area (Å²) in [4.78, 5) is 41.2. The van der Waals surface area contributed by atoms with E-state index in [9.17, 15) is 14.4 Å². The van der Waals surface area contributed by atoms with Gasteiger partial charge < -0.3 is 9.57 Å². The van der Waals surface area contributed by atoms with Gasteiger partial charge in [0.2, 0.25) is 0 Å². The first-order chi connectivity index (χ1) is 11.9. The second kappa shape index (κ2) is 6.39. The van der Waals surface area contributed by atoms with Crippen molar-refractivity contribution in [1.82, 2.24) is 5.06 Å². The molecule has 0 unspecified atom stereocenters. The van der Waals surface area contributed by atoms with Crippen LogP contribution in [0.2, 0.25) is 0 Å². The molecular weight excluding hydrogens is 322 g/mol. The summed E-state index contributed by atoms with van der Waals surface area (Å²) in [6, 6.07) is 10.1. The molecule has 0 aromatic heterocycles. The van der Waals surface area contributed by atoms with E-state index in [1.165, 1.54) is 12.1 Å². The summed E-state index contributed by atoms with van der Waals surface area (Å²) in [5.74, 6) is -1.58. The molecule has 0 fully saturated rings. The second-order valence-corrected chi connectivity index (χ2v) is 5.90. The zero-order chi connectivity index (χ0) is 18.1. The Balaban J connectivity index is 1.65. The minimum absolute atomic E-state index is 0.214. The van der Waals surface area contributed by atoms with Gasteiger partial charge in [-0.15, -0.1) is 0 Å². The number of imide groups is 1. The number of nitrogens with zero attached hydrogens (tertiary/aromatic N) is 1. The Labute approximate surface area is 144 Å². The van der Waals surface area contributed by atoms with Gasteiger partial charge in [-0.2, -0.15) is 0 Å². The number of rotatable bonds is 4. The first-order valence-electron chi connectivity index (χ1n) is 7.77. The summed E-state index contributed by atoms with van der Waals surface area (Å²) in [5.41, 5.74) is 3.47. The molecule has 1 aliphatic heterocycles. The molecule has 6 heteroatoms. The number of hydrogen-bond donors (Lipinski definition) is 0. The Hall–Kier alpha value is -3.15. The van der Waals surface area contributed by atoms with Crippen molar-refractivity contribution < 1.29 is 24.0 Å². The van der Waals surface area contributed by atoms with Crippen LogP contribution in [0.1, 0.15) is 37.4 Å². The average Bonchev–Trinajstić information content (AvgIpc) is 2.82. The fraction of sp³-hybridized carbons (Fsp3) is 0.211. The number of hydrogen-bond acceptors (Lipinski definition) is 5. The molecule has 0 saturated heterocycles. The van der Waals surface area contributed by atoms with Gasteiger partial charge in [0, 0.05) is 0 Å². The van der Waals surface area contributed by atoms with E-state index in [0.717, 1.165) is 16.7 Å². The number of amides is 2. The highest BCUT2D eigenvalue weighted by Crippen LogP contribution is 2.24. The molecule has 25 heavy (non-hydrogen) atoms. The summed E-state index contributed by atoms with van der Waals surface area (Å²) in [7, 11) is 0. The molecular formula is C19H17NO5. The molecule has 0 radical (unpaired) electrons. The average molecular weight is 339 g/mol. The van der Waals surface area contributed by atoms with Crippen LogP contribution >= 0.6 is 0 Å². The van der Waals surface area contributed by atoms with Gasteiger partial charge in [-0.05, 0) is 55.7 Å². The molecule has 0 atom stereocenters. The number of benzene rings is 2. The molecule has 0 aliphatic carbocycles. The van der Waals surface area contributed by atoms with Crippen molar-refractivity contribution in [3.63, 3.8) is 0 Å². The summed E-state index contributed by atoms with van der Waals surface area (Å²) < 4.78 is 5.47. The van der Waals surface area contributed by atoms with Gasteiger partial charge in [0.25, 0.3) is 11.8 Å². The van der Waals surface area contributed by atoms with Crippen LogP contribution in [0.15, 0.2) is 36.4 Å². The van der Waals surface area contributed by atoms with Crippen molar-refractivity contribution in [1.29, 1.82) is 0 Å². The van der Waals surface area contributed by atoms with Crippen LogP contribution in [0.4, 0.5) is 0 Å². The Kier molecular flexibility index (Phi) is 4.27. The van der Waals surface area contributed by atoms with Gasteiger partial charge in [0.15, 0.2) is 6.61 Å². The van der Waals surface area contributed by atoms with Crippen molar-refractivity contribution in [2.24, 2.45) is 0 Å². The Morgan fingerprint density at radius 2 is 1.48 bits per heavy atom. The molecule has 0 N–H and O–H groups in total. The SMILES string of the molecule is Cc1cc(C)c(OCC(=O)ON2C(=O)c3ccccc3C2=O)cc1C. The Bertz CT molecular complexity index is 852. The molecule has 128 valence electrons. The van der Waals surface area contributed by atoms with Gasteiger partial charge in [-0.1, -0.05) is 23.3 Å². The van der Waals surface area contributed by atoms with Crippen LogP contribution in [-0.4, -0.2) is 29.5 Å². The van der Waals surface area contributed by atoms with E-state index in [2.05, 4.69) is 0 Å². The molecule has 1 heterocycles. The van der Waals surface area contributed by atoms with Gasteiger partial charge >= 0.3 is 5.97 Å². The lowest BCUT2D eigenvalue weighted by atomic mass is 10.1.